The molecule has 1 amide bonds. The molecule has 0 saturated heterocycles. The van der Waals surface area contributed by atoms with E-state index in [4.69, 9.17) is 0 Å². The van der Waals surface area contributed by atoms with Crippen LogP contribution in [0.1, 0.15) is 39.4 Å². The lowest BCUT2D eigenvalue weighted by Crippen LogP contribution is -2.27. The molecule has 6 heteroatoms. The average Bonchev–Trinajstić information content (AvgIpc) is 2.74. The van der Waals surface area contributed by atoms with Crippen molar-refractivity contribution in [3.8, 4) is 0 Å². The van der Waals surface area contributed by atoms with E-state index in [-0.39, 0.29) is 17.9 Å². The number of esters is 1. The second-order valence-electron chi connectivity index (χ2n) is 6.23. The van der Waals surface area contributed by atoms with Crippen LogP contribution in [0.4, 0.5) is 11.4 Å². The SMILES string of the molecule is COC(=O)c1ccc(Nc2ccnc(C(=O)NC(C)c3ccccc3)c2)cc1. The molecule has 2 aromatic carbocycles. The lowest BCUT2D eigenvalue weighted by molar-refractivity contribution is 0.0600. The Bertz CT molecular complexity index is 956. The topological polar surface area (TPSA) is 80.3 Å². The first kappa shape index (κ1) is 19.1. The highest BCUT2D eigenvalue weighted by Crippen LogP contribution is 2.18. The first-order chi connectivity index (χ1) is 13.6. The summed E-state index contributed by atoms with van der Waals surface area (Å²) in [7, 11) is 1.34. The van der Waals surface area contributed by atoms with Gasteiger partial charge in [0.25, 0.3) is 5.91 Å². The van der Waals surface area contributed by atoms with Gasteiger partial charge in [-0.3, -0.25) is 9.78 Å². The average molecular weight is 375 g/mol. The van der Waals surface area contributed by atoms with Crippen LogP contribution in [0.2, 0.25) is 0 Å². The standard InChI is InChI=1S/C22H21N3O3/c1-15(16-6-4-3-5-7-16)24-21(26)20-14-19(12-13-23-20)25-18-10-8-17(9-11-18)22(27)28-2/h3-15H,1-2H3,(H,23,25)(H,24,26). The molecular weight excluding hydrogens is 354 g/mol. The number of pyridine rings is 1. The first-order valence-electron chi connectivity index (χ1n) is 8.84. The summed E-state index contributed by atoms with van der Waals surface area (Å²) in [6.07, 6.45) is 1.58. The molecular formula is C22H21N3O3. The number of hydrogen-bond acceptors (Lipinski definition) is 5. The Morgan fingerprint density at radius 3 is 2.36 bits per heavy atom. The van der Waals surface area contributed by atoms with Gasteiger partial charge in [-0.05, 0) is 48.9 Å². The third-order valence-corrected chi connectivity index (χ3v) is 4.23. The molecule has 0 aliphatic heterocycles. The number of hydrogen-bond donors (Lipinski definition) is 2. The first-order valence-corrected chi connectivity index (χ1v) is 8.84. The highest BCUT2D eigenvalue weighted by molar-refractivity contribution is 5.93. The molecule has 142 valence electrons. The predicted molar refractivity (Wildman–Crippen MR) is 108 cm³/mol. The maximum absolute atomic E-state index is 12.5. The van der Waals surface area contributed by atoms with Gasteiger partial charge in [0.1, 0.15) is 5.69 Å². The van der Waals surface area contributed by atoms with Crippen molar-refractivity contribution in [3.63, 3.8) is 0 Å². The van der Waals surface area contributed by atoms with Gasteiger partial charge in [0.2, 0.25) is 0 Å². The molecule has 1 heterocycles. The van der Waals surface area contributed by atoms with Gasteiger partial charge in [0.05, 0.1) is 18.7 Å². The number of nitrogens with one attached hydrogen (secondary N) is 2. The second kappa shape index (κ2) is 8.81. The van der Waals surface area contributed by atoms with Crippen molar-refractivity contribution in [1.82, 2.24) is 10.3 Å². The minimum Gasteiger partial charge on any atom is -0.465 e. The van der Waals surface area contributed by atoms with Gasteiger partial charge in [-0.1, -0.05) is 30.3 Å². The summed E-state index contributed by atoms with van der Waals surface area (Å²) in [5.74, 6) is -0.636. The van der Waals surface area contributed by atoms with Crippen molar-refractivity contribution in [1.29, 1.82) is 0 Å². The summed E-state index contributed by atoms with van der Waals surface area (Å²) in [6.45, 7) is 1.93. The van der Waals surface area contributed by atoms with E-state index in [9.17, 15) is 9.59 Å². The van der Waals surface area contributed by atoms with Crippen LogP contribution in [0.25, 0.3) is 0 Å². The lowest BCUT2D eigenvalue weighted by atomic mass is 10.1. The number of methoxy groups -OCH3 is 1. The maximum Gasteiger partial charge on any atom is 0.337 e. The molecule has 0 spiro atoms. The predicted octanol–water partition coefficient (Wildman–Crippen LogP) is 4.10. The Morgan fingerprint density at radius 2 is 1.68 bits per heavy atom. The molecule has 1 atom stereocenters. The highest BCUT2D eigenvalue weighted by atomic mass is 16.5. The van der Waals surface area contributed by atoms with Gasteiger partial charge < -0.3 is 15.4 Å². The van der Waals surface area contributed by atoms with Gasteiger partial charge in [0.15, 0.2) is 0 Å². The number of anilines is 2. The molecule has 1 aromatic heterocycles. The van der Waals surface area contributed by atoms with E-state index in [2.05, 4.69) is 20.4 Å². The summed E-state index contributed by atoms with van der Waals surface area (Å²) in [4.78, 5) is 28.2. The molecule has 2 N–H and O–H groups in total. The monoisotopic (exact) mass is 375 g/mol. The minimum atomic E-state index is -0.387. The van der Waals surface area contributed by atoms with Crippen molar-refractivity contribution in [2.45, 2.75) is 13.0 Å². The van der Waals surface area contributed by atoms with Crippen molar-refractivity contribution in [2.24, 2.45) is 0 Å². The molecule has 3 rings (SSSR count). The van der Waals surface area contributed by atoms with Crippen LogP contribution < -0.4 is 10.6 Å². The zero-order valence-corrected chi connectivity index (χ0v) is 15.7. The Kier molecular flexibility index (Phi) is 6.01. The number of amides is 1. The van der Waals surface area contributed by atoms with Crippen LogP contribution in [-0.4, -0.2) is 24.0 Å². The van der Waals surface area contributed by atoms with E-state index in [1.807, 2.05) is 37.3 Å². The molecule has 3 aromatic rings. The van der Waals surface area contributed by atoms with Crippen molar-refractivity contribution >= 4 is 23.3 Å². The summed E-state index contributed by atoms with van der Waals surface area (Å²) >= 11 is 0. The Hall–Kier alpha value is -3.67. The van der Waals surface area contributed by atoms with Crippen molar-refractivity contribution in [2.75, 3.05) is 12.4 Å². The Balaban J connectivity index is 1.68. The smallest absolute Gasteiger partial charge is 0.337 e. The van der Waals surface area contributed by atoms with Crippen LogP contribution in [0.3, 0.4) is 0 Å². The third kappa shape index (κ3) is 4.73. The van der Waals surface area contributed by atoms with Gasteiger partial charge in [-0.2, -0.15) is 0 Å². The van der Waals surface area contributed by atoms with Gasteiger partial charge >= 0.3 is 5.97 Å². The Morgan fingerprint density at radius 1 is 0.964 bits per heavy atom. The molecule has 0 bridgehead atoms. The minimum absolute atomic E-state index is 0.127. The molecule has 0 radical (unpaired) electrons. The molecule has 28 heavy (non-hydrogen) atoms. The van der Waals surface area contributed by atoms with Crippen LogP contribution in [0.5, 0.6) is 0 Å². The largest absolute Gasteiger partial charge is 0.465 e. The van der Waals surface area contributed by atoms with E-state index in [0.29, 0.717) is 11.3 Å². The number of carbonyl (C=O) groups is 2. The molecule has 6 nitrogen and oxygen atoms in total. The van der Waals surface area contributed by atoms with E-state index >= 15 is 0 Å². The van der Waals surface area contributed by atoms with Gasteiger partial charge in [-0.15, -0.1) is 0 Å². The fourth-order valence-electron chi connectivity index (χ4n) is 2.70. The summed E-state index contributed by atoms with van der Waals surface area (Å²) in [5, 5.41) is 6.15. The van der Waals surface area contributed by atoms with Crippen LogP contribution in [0.15, 0.2) is 72.9 Å². The molecule has 0 saturated carbocycles. The normalized spacial score (nSPS) is 11.4. The van der Waals surface area contributed by atoms with Crippen LogP contribution in [-0.2, 0) is 4.74 Å². The summed E-state index contributed by atoms with van der Waals surface area (Å²) < 4.78 is 4.69. The van der Waals surface area contributed by atoms with Crippen LogP contribution >= 0.6 is 0 Å². The molecule has 0 aliphatic carbocycles. The highest BCUT2D eigenvalue weighted by Gasteiger charge is 2.13. The lowest BCUT2D eigenvalue weighted by Gasteiger charge is -2.14. The van der Waals surface area contributed by atoms with Crippen LogP contribution in [0, 0.1) is 0 Å². The number of benzene rings is 2. The van der Waals surface area contributed by atoms with E-state index in [1.165, 1.54) is 7.11 Å². The zero-order valence-electron chi connectivity index (χ0n) is 15.7. The molecule has 0 aliphatic rings. The Labute approximate surface area is 163 Å². The summed E-state index contributed by atoms with van der Waals surface area (Å²) in [5.41, 5.74) is 3.31. The third-order valence-electron chi connectivity index (χ3n) is 4.23. The van der Waals surface area contributed by atoms with E-state index in [1.54, 1.807) is 42.6 Å². The number of carbonyl (C=O) groups excluding carboxylic acids is 2. The number of aromatic nitrogens is 1. The maximum atomic E-state index is 12.5. The molecule has 1 unspecified atom stereocenters. The van der Waals surface area contributed by atoms with Crippen molar-refractivity contribution < 1.29 is 14.3 Å². The molecule has 0 fully saturated rings. The number of nitrogens with zero attached hydrogens (tertiary/aromatic N) is 1. The van der Waals surface area contributed by atoms with Gasteiger partial charge in [-0.25, -0.2) is 4.79 Å². The fourth-order valence-corrected chi connectivity index (χ4v) is 2.70. The van der Waals surface area contributed by atoms with E-state index in [0.717, 1.165) is 16.9 Å². The van der Waals surface area contributed by atoms with E-state index < -0.39 is 0 Å². The van der Waals surface area contributed by atoms with Gasteiger partial charge in [0, 0.05) is 17.6 Å². The summed E-state index contributed by atoms with van der Waals surface area (Å²) in [6, 6.07) is 19.9. The number of rotatable bonds is 6. The quantitative estimate of drug-likeness (QED) is 0.634. The fraction of sp³-hybridized carbons (Fsp3) is 0.136. The zero-order chi connectivity index (χ0) is 19.9. The number of ether oxygens (including phenoxy) is 1. The second-order valence-corrected chi connectivity index (χ2v) is 6.23. The van der Waals surface area contributed by atoms with Crippen molar-refractivity contribution in [3.05, 3.63) is 89.7 Å².